The number of carbonyl (C=O) groups excluding carboxylic acids is 1. The predicted octanol–water partition coefficient (Wildman–Crippen LogP) is 2.61. The van der Waals surface area contributed by atoms with Crippen molar-refractivity contribution in [1.29, 1.82) is 0 Å². The average molecular weight is 316 g/mol. The Kier molecular flexibility index (Phi) is 5.16. The molecule has 0 aromatic heterocycles. The molecule has 0 spiro atoms. The maximum atomic E-state index is 12.2. The van der Waals surface area contributed by atoms with Gasteiger partial charge < -0.3 is 14.8 Å². The fourth-order valence-corrected chi connectivity index (χ4v) is 2.00. The highest BCUT2D eigenvalue weighted by Gasteiger charge is 2.22. The summed E-state index contributed by atoms with van der Waals surface area (Å²) in [7, 11) is 3.18. The summed E-state index contributed by atoms with van der Waals surface area (Å²) in [5.74, 6) is 0.482. The summed E-state index contributed by atoms with van der Waals surface area (Å²) >= 11 is 3.36. The lowest BCUT2D eigenvalue weighted by Crippen LogP contribution is -2.46. The van der Waals surface area contributed by atoms with Gasteiger partial charge in [0.15, 0.2) is 0 Å². The van der Waals surface area contributed by atoms with Gasteiger partial charge in [-0.25, -0.2) is 0 Å². The summed E-state index contributed by atoms with van der Waals surface area (Å²) in [5, 5.41) is 2.92. The average Bonchev–Trinajstić information content (AvgIpc) is 2.28. The molecule has 0 heterocycles. The molecular weight excluding hydrogens is 298 g/mol. The SMILES string of the molecule is COCC(C)(C)NC(=O)c1cc(OC)ccc1Br. The lowest BCUT2D eigenvalue weighted by molar-refractivity contribution is 0.0819. The Morgan fingerprint density at radius 2 is 2.06 bits per heavy atom. The highest BCUT2D eigenvalue weighted by Crippen LogP contribution is 2.23. The van der Waals surface area contributed by atoms with Gasteiger partial charge in [0.05, 0.1) is 24.8 Å². The van der Waals surface area contributed by atoms with Crippen molar-refractivity contribution in [2.24, 2.45) is 0 Å². The Bertz CT molecular complexity index is 432. The van der Waals surface area contributed by atoms with E-state index in [4.69, 9.17) is 9.47 Å². The van der Waals surface area contributed by atoms with Crippen molar-refractivity contribution < 1.29 is 14.3 Å². The summed E-state index contributed by atoms with van der Waals surface area (Å²) in [5.41, 5.74) is 0.118. The molecule has 1 aromatic rings. The van der Waals surface area contributed by atoms with Crippen LogP contribution in [0.2, 0.25) is 0 Å². The van der Waals surface area contributed by atoms with Gasteiger partial charge in [0, 0.05) is 11.6 Å². The zero-order chi connectivity index (χ0) is 13.8. The third kappa shape index (κ3) is 3.99. The fourth-order valence-electron chi connectivity index (χ4n) is 1.58. The molecular formula is C13H18BrNO3. The first-order chi connectivity index (χ1) is 8.39. The third-order valence-corrected chi connectivity index (χ3v) is 3.07. The molecule has 0 radical (unpaired) electrons. The number of rotatable bonds is 5. The molecule has 1 N–H and O–H groups in total. The second-order valence-corrected chi connectivity index (χ2v) is 5.47. The van der Waals surface area contributed by atoms with Gasteiger partial charge in [-0.2, -0.15) is 0 Å². The van der Waals surface area contributed by atoms with Crippen LogP contribution in [-0.4, -0.2) is 32.3 Å². The number of amides is 1. The lowest BCUT2D eigenvalue weighted by Gasteiger charge is -2.25. The van der Waals surface area contributed by atoms with Crippen molar-refractivity contribution in [3.8, 4) is 5.75 Å². The van der Waals surface area contributed by atoms with Crippen LogP contribution >= 0.6 is 15.9 Å². The fraction of sp³-hybridized carbons (Fsp3) is 0.462. The first-order valence-electron chi connectivity index (χ1n) is 5.54. The van der Waals surface area contributed by atoms with Crippen molar-refractivity contribution in [1.82, 2.24) is 5.32 Å². The van der Waals surface area contributed by atoms with Gasteiger partial charge in [0.25, 0.3) is 5.91 Å². The molecule has 4 nitrogen and oxygen atoms in total. The molecule has 1 rings (SSSR count). The standard InChI is InChI=1S/C13H18BrNO3/c1-13(2,8-17-3)15-12(16)10-7-9(18-4)5-6-11(10)14/h5-7H,8H2,1-4H3,(H,15,16). The van der Waals surface area contributed by atoms with Gasteiger partial charge in [-0.05, 0) is 48.0 Å². The number of carbonyl (C=O) groups is 1. The Balaban J connectivity index is 2.90. The molecule has 0 bridgehead atoms. The van der Waals surface area contributed by atoms with Gasteiger partial charge in [-0.1, -0.05) is 0 Å². The zero-order valence-corrected chi connectivity index (χ0v) is 12.6. The number of halogens is 1. The monoisotopic (exact) mass is 315 g/mol. The number of ether oxygens (including phenoxy) is 2. The topological polar surface area (TPSA) is 47.6 Å². The molecule has 1 amide bonds. The van der Waals surface area contributed by atoms with E-state index in [0.717, 1.165) is 4.47 Å². The van der Waals surface area contributed by atoms with Crippen LogP contribution in [0.1, 0.15) is 24.2 Å². The van der Waals surface area contributed by atoms with E-state index < -0.39 is 5.54 Å². The molecule has 0 aliphatic rings. The number of hydrogen-bond donors (Lipinski definition) is 1. The van der Waals surface area contributed by atoms with Gasteiger partial charge >= 0.3 is 0 Å². The van der Waals surface area contributed by atoms with Crippen molar-refractivity contribution in [2.45, 2.75) is 19.4 Å². The molecule has 0 saturated carbocycles. The van der Waals surface area contributed by atoms with Crippen LogP contribution in [0.25, 0.3) is 0 Å². The van der Waals surface area contributed by atoms with Crippen molar-refractivity contribution in [3.63, 3.8) is 0 Å². The molecule has 0 saturated heterocycles. The molecule has 1 aromatic carbocycles. The zero-order valence-electron chi connectivity index (χ0n) is 11.0. The van der Waals surface area contributed by atoms with E-state index in [1.807, 2.05) is 13.8 Å². The van der Waals surface area contributed by atoms with Crippen LogP contribution in [0.4, 0.5) is 0 Å². The normalized spacial score (nSPS) is 11.2. The maximum absolute atomic E-state index is 12.2. The first-order valence-corrected chi connectivity index (χ1v) is 6.34. The van der Waals surface area contributed by atoms with Gasteiger partial charge in [0.1, 0.15) is 5.75 Å². The predicted molar refractivity (Wildman–Crippen MR) is 74.1 cm³/mol. The minimum Gasteiger partial charge on any atom is -0.497 e. The minimum absolute atomic E-state index is 0.164. The van der Waals surface area contributed by atoms with Crippen LogP contribution in [0, 0.1) is 0 Å². The molecule has 0 atom stereocenters. The van der Waals surface area contributed by atoms with Crippen molar-refractivity contribution >= 4 is 21.8 Å². The second-order valence-electron chi connectivity index (χ2n) is 4.62. The summed E-state index contributed by atoms with van der Waals surface area (Å²) in [6, 6.07) is 5.28. The summed E-state index contributed by atoms with van der Waals surface area (Å²) in [6.45, 7) is 4.26. The van der Waals surface area contributed by atoms with E-state index in [1.165, 1.54) is 0 Å². The minimum atomic E-state index is -0.422. The van der Waals surface area contributed by atoms with E-state index in [1.54, 1.807) is 32.4 Å². The van der Waals surface area contributed by atoms with E-state index in [-0.39, 0.29) is 5.91 Å². The molecule has 100 valence electrons. The maximum Gasteiger partial charge on any atom is 0.253 e. The summed E-state index contributed by atoms with van der Waals surface area (Å²) in [6.07, 6.45) is 0. The first kappa shape index (κ1) is 15.0. The Labute approximate surface area is 116 Å². The second kappa shape index (κ2) is 6.20. The number of nitrogens with one attached hydrogen (secondary N) is 1. The summed E-state index contributed by atoms with van der Waals surface area (Å²) in [4.78, 5) is 12.2. The molecule has 18 heavy (non-hydrogen) atoms. The number of methoxy groups -OCH3 is 2. The number of hydrogen-bond acceptors (Lipinski definition) is 3. The van der Waals surface area contributed by atoms with Crippen LogP contribution in [0.5, 0.6) is 5.75 Å². The van der Waals surface area contributed by atoms with Crippen molar-refractivity contribution in [2.75, 3.05) is 20.8 Å². The molecule has 0 fully saturated rings. The quantitative estimate of drug-likeness (QED) is 0.908. The molecule has 5 heteroatoms. The van der Waals surface area contributed by atoms with E-state index in [0.29, 0.717) is 17.9 Å². The highest BCUT2D eigenvalue weighted by molar-refractivity contribution is 9.10. The van der Waals surface area contributed by atoms with Crippen molar-refractivity contribution in [3.05, 3.63) is 28.2 Å². The van der Waals surface area contributed by atoms with Gasteiger partial charge in [0.2, 0.25) is 0 Å². The lowest BCUT2D eigenvalue weighted by atomic mass is 10.1. The highest BCUT2D eigenvalue weighted by atomic mass is 79.9. The molecule has 0 unspecified atom stereocenters. The van der Waals surface area contributed by atoms with Crippen LogP contribution in [-0.2, 0) is 4.74 Å². The van der Waals surface area contributed by atoms with Crippen LogP contribution < -0.4 is 10.1 Å². The van der Waals surface area contributed by atoms with Gasteiger partial charge in [-0.3, -0.25) is 4.79 Å². The third-order valence-electron chi connectivity index (χ3n) is 2.38. The summed E-state index contributed by atoms with van der Waals surface area (Å²) < 4.78 is 10.9. The number of benzene rings is 1. The Morgan fingerprint density at radius 1 is 1.39 bits per heavy atom. The molecule has 0 aliphatic carbocycles. The molecule has 0 aliphatic heterocycles. The smallest absolute Gasteiger partial charge is 0.253 e. The van der Waals surface area contributed by atoms with E-state index in [2.05, 4.69) is 21.2 Å². The van der Waals surface area contributed by atoms with Crippen LogP contribution in [0.3, 0.4) is 0 Å². The van der Waals surface area contributed by atoms with Crippen LogP contribution in [0.15, 0.2) is 22.7 Å². The Hall–Kier alpha value is -1.07. The van der Waals surface area contributed by atoms with E-state index >= 15 is 0 Å². The Morgan fingerprint density at radius 3 is 2.61 bits per heavy atom. The van der Waals surface area contributed by atoms with E-state index in [9.17, 15) is 4.79 Å². The van der Waals surface area contributed by atoms with Gasteiger partial charge in [-0.15, -0.1) is 0 Å². The largest absolute Gasteiger partial charge is 0.497 e.